The van der Waals surface area contributed by atoms with E-state index in [1.54, 1.807) is 11.4 Å². The Balaban J connectivity index is 2.03. The molecule has 8 nitrogen and oxygen atoms in total. The van der Waals surface area contributed by atoms with Gasteiger partial charge in [0.25, 0.3) is 5.56 Å². The lowest BCUT2D eigenvalue weighted by Gasteiger charge is -2.08. The van der Waals surface area contributed by atoms with E-state index >= 15 is 0 Å². The van der Waals surface area contributed by atoms with Crippen LogP contribution >= 0.6 is 0 Å². The van der Waals surface area contributed by atoms with Gasteiger partial charge in [-0.15, -0.1) is 0 Å². The second-order valence-electron chi connectivity index (χ2n) is 6.39. The van der Waals surface area contributed by atoms with Gasteiger partial charge in [-0.1, -0.05) is 18.2 Å². The predicted octanol–water partition coefficient (Wildman–Crippen LogP) is 1.48. The van der Waals surface area contributed by atoms with Crippen molar-refractivity contribution >= 4 is 16.9 Å². The van der Waals surface area contributed by atoms with Crippen molar-refractivity contribution in [1.82, 2.24) is 23.1 Å². The number of hydrogen-bond donors (Lipinski definition) is 0. The molecule has 0 saturated heterocycles. The summed E-state index contributed by atoms with van der Waals surface area (Å²) in [6.45, 7) is 4.89. The number of hydrogen-bond acceptors (Lipinski definition) is 4. The number of ether oxygens (including phenoxy) is 1. The lowest BCUT2D eigenvalue weighted by atomic mass is 10.3. The maximum Gasteiger partial charge on any atom is 0.332 e. The minimum atomic E-state index is -0.393. The molecule has 0 unspecified atom stereocenters. The smallest absolute Gasteiger partial charge is 0.332 e. The Kier molecular flexibility index (Phi) is 4.19. The molecule has 0 aliphatic heterocycles. The molecule has 27 heavy (non-hydrogen) atoms. The summed E-state index contributed by atoms with van der Waals surface area (Å²) < 4.78 is 11.7. The van der Waals surface area contributed by atoms with Gasteiger partial charge in [0.05, 0.1) is 13.2 Å². The van der Waals surface area contributed by atoms with E-state index in [-0.39, 0.29) is 12.1 Å². The molecule has 3 heterocycles. The summed E-state index contributed by atoms with van der Waals surface area (Å²) in [5.41, 5.74) is 1.90. The third-order valence-electron chi connectivity index (χ3n) is 4.70. The van der Waals surface area contributed by atoms with E-state index in [4.69, 9.17) is 4.74 Å². The molecule has 0 saturated carbocycles. The zero-order valence-corrected chi connectivity index (χ0v) is 15.5. The first-order valence-electron chi connectivity index (χ1n) is 8.87. The Morgan fingerprint density at radius 2 is 1.89 bits per heavy atom. The molecule has 4 rings (SSSR count). The van der Waals surface area contributed by atoms with Gasteiger partial charge < -0.3 is 4.74 Å². The van der Waals surface area contributed by atoms with Gasteiger partial charge in [-0.25, -0.2) is 4.79 Å². The highest BCUT2D eigenvalue weighted by molar-refractivity contribution is 5.76. The van der Waals surface area contributed by atoms with Gasteiger partial charge in [-0.05, 0) is 26.0 Å². The molecule has 0 fully saturated rings. The molecule has 8 heteroatoms. The standard InChI is InChI=1S/C19H21N5O3/c1-4-27-11-10-22-17(25)15-16(21(3)19(22)26)20-18-23(15)12-13(2)24(18)14-8-6-5-7-9-14/h5-9,12H,4,10-11H2,1-3H3. The van der Waals surface area contributed by atoms with Crippen LogP contribution in [-0.4, -0.2) is 36.3 Å². The second kappa shape index (κ2) is 6.55. The Hall–Kier alpha value is -3.13. The van der Waals surface area contributed by atoms with E-state index < -0.39 is 5.69 Å². The molecule has 0 radical (unpaired) electrons. The highest BCUT2D eigenvalue weighted by atomic mass is 16.5. The van der Waals surface area contributed by atoms with Gasteiger partial charge in [0, 0.05) is 31.2 Å². The van der Waals surface area contributed by atoms with Gasteiger partial charge in [0.15, 0.2) is 11.2 Å². The topological polar surface area (TPSA) is 75.5 Å². The molecular formula is C19H21N5O3. The molecule has 0 atom stereocenters. The van der Waals surface area contributed by atoms with Gasteiger partial charge in [-0.3, -0.25) is 22.9 Å². The van der Waals surface area contributed by atoms with Crippen LogP contribution in [0.15, 0.2) is 46.1 Å². The molecule has 0 bridgehead atoms. The van der Waals surface area contributed by atoms with E-state index in [1.807, 2.05) is 54.9 Å². The highest BCUT2D eigenvalue weighted by Crippen LogP contribution is 2.20. The molecule has 0 N–H and O–H groups in total. The number of imidazole rings is 2. The molecule has 0 amide bonds. The maximum atomic E-state index is 13.1. The Morgan fingerprint density at radius 3 is 2.59 bits per heavy atom. The lowest BCUT2D eigenvalue weighted by molar-refractivity contribution is 0.137. The van der Waals surface area contributed by atoms with Crippen molar-refractivity contribution in [3.8, 4) is 5.69 Å². The van der Waals surface area contributed by atoms with Crippen molar-refractivity contribution in [3.63, 3.8) is 0 Å². The van der Waals surface area contributed by atoms with Crippen LogP contribution < -0.4 is 11.2 Å². The first-order valence-corrected chi connectivity index (χ1v) is 8.87. The zero-order chi connectivity index (χ0) is 19.1. The van der Waals surface area contributed by atoms with Crippen LogP contribution in [0.25, 0.3) is 22.6 Å². The van der Waals surface area contributed by atoms with Crippen LogP contribution in [0.3, 0.4) is 0 Å². The van der Waals surface area contributed by atoms with Crippen LogP contribution in [0.5, 0.6) is 0 Å². The predicted molar refractivity (Wildman–Crippen MR) is 103 cm³/mol. The average molecular weight is 367 g/mol. The summed E-state index contributed by atoms with van der Waals surface area (Å²) in [6, 6.07) is 9.80. The number of aromatic nitrogens is 5. The lowest BCUT2D eigenvalue weighted by Crippen LogP contribution is -2.40. The summed E-state index contributed by atoms with van der Waals surface area (Å²) in [6.07, 6.45) is 1.87. The third kappa shape index (κ3) is 2.60. The first-order chi connectivity index (χ1) is 13.0. The monoisotopic (exact) mass is 367 g/mol. The normalized spacial score (nSPS) is 11.7. The van der Waals surface area contributed by atoms with Crippen LogP contribution in [0.1, 0.15) is 12.6 Å². The van der Waals surface area contributed by atoms with E-state index in [0.29, 0.717) is 30.2 Å². The minimum Gasteiger partial charge on any atom is -0.380 e. The fourth-order valence-corrected chi connectivity index (χ4v) is 3.40. The van der Waals surface area contributed by atoms with Gasteiger partial charge >= 0.3 is 5.69 Å². The van der Waals surface area contributed by atoms with Crippen LogP contribution in [0.2, 0.25) is 0 Å². The maximum absolute atomic E-state index is 13.1. The van der Waals surface area contributed by atoms with Crippen molar-refractivity contribution in [2.45, 2.75) is 20.4 Å². The van der Waals surface area contributed by atoms with E-state index in [9.17, 15) is 9.59 Å². The zero-order valence-electron chi connectivity index (χ0n) is 15.5. The quantitative estimate of drug-likeness (QED) is 0.501. The summed E-state index contributed by atoms with van der Waals surface area (Å²) in [5.74, 6) is 0.600. The molecule has 140 valence electrons. The molecular weight excluding hydrogens is 346 g/mol. The number of fused-ring (bicyclic) bond motifs is 3. The van der Waals surface area contributed by atoms with E-state index in [0.717, 1.165) is 11.4 Å². The number of para-hydroxylation sites is 1. The van der Waals surface area contributed by atoms with Crippen molar-refractivity contribution in [1.29, 1.82) is 0 Å². The Labute approximate surface area is 154 Å². The molecule has 0 spiro atoms. The van der Waals surface area contributed by atoms with Crippen molar-refractivity contribution in [2.75, 3.05) is 13.2 Å². The summed E-state index contributed by atoms with van der Waals surface area (Å²) >= 11 is 0. The number of aryl methyl sites for hydroxylation is 2. The summed E-state index contributed by atoms with van der Waals surface area (Å²) in [5, 5.41) is 0. The SMILES string of the molecule is CCOCCn1c(=O)c2c(nc3n(-c4ccccc4)c(C)cn23)n(C)c1=O. The summed E-state index contributed by atoms with van der Waals surface area (Å²) in [7, 11) is 1.63. The van der Waals surface area contributed by atoms with Gasteiger partial charge in [0.2, 0.25) is 5.78 Å². The molecule has 0 aliphatic rings. The molecule has 3 aromatic heterocycles. The Bertz CT molecular complexity index is 1240. The first kappa shape index (κ1) is 17.3. The Morgan fingerprint density at radius 1 is 1.15 bits per heavy atom. The van der Waals surface area contributed by atoms with Crippen molar-refractivity contribution in [2.24, 2.45) is 7.05 Å². The molecule has 4 aromatic rings. The molecule has 0 aliphatic carbocycles. The summed E-state index contributed by atoms with van der Waals surface area (Å²) in [4.78, 5) is 30.3. The van der Waals surface area contributed by atoms with Crippen LogP contribution in [0.4, 0.5) is 0 Å². The average Bonchev–Trinajstić information content (AvgIpc) is 3.18. The van der Waals surface area contributed by atoms with E-state index in [2.05, 4.69) is 4.98 Å². The fourth-order valence-electron chi connectivity index (χ4n) is 3.40. The van der Waals surface area contributed by atoms with Crippen LogP contribution in [0, 0.1) is 6.92 Å². The van der Waals surface area contributed by atoms with Gasteiger partial charge in [0.1, 0.15) is 0 Å². The third-order valence-corrected chi connectivity index (χ3v) is 4.70. The number of benzene rings is 1. The number of rotatable bonds is 5. The largest absolute Gasteiger partial charge is 0.380 e. The van der Waals surface area contributed by atoms with Crippen LogP contribution in [-0.2, 0) is 18.3 Å². The van der Waals surface area contributed by atoms with Gasteiger partial charge in [-0.2, -0.15) is 4.98 Å². The van der Waals surface area contributed by atoms with E-state index in [1.165, 1.54) is 9.13 Å². The van der Waals surface area contributed by atoms with Crippen molar-refractivity contribution in [3.05, 3.63) is 63.1 Å². The molecule has 1 aromatic carbocycles. The number of nitrogens with zero attached hydrogens (tertiary/aromatic N) is 5. The van der Waals surface area contributed by atoms with Crippen molar-refractivity contribution < 1.29 is 4.74 Å². The fraction of sp³-hybridized carbons (Fsp3) is 0.316. The highest BCUT2D eigenvalue weighted by Gasteiger charge is 2.20. The second-order valence-corrected chi connectivity index (χ2v) is 6.39. The minimum absolute atomic E-state index is 0.209.